The lowest BCUT2D eigenvalue weighted by Gasteiger charge is -2.36. The molecule has 0 unspecified atom stereocenters. The molecule has 0 aromatic carbocycles. The second kappa shape index (κ2) is 5.12. The van der Waals surface area contributed by atoms with E-state index in [1.165, 1.54) is 0 Å². The number of amides is 2. The third-order valence-corrected chi connectivity index (χ3v) is 4.26. The van der Waals surface area contributed by atoms with E-state index in [9.17, 15) is 9.59 Å². The van der Waals surface area contributed by atoms with E-state index in [1.807, 2.05) is 18.7 Å². The van der Waals surface area contributed by atoms with Gasteiger partial charge in [-0.1, -0.05) is 26.0 Å². The molecule has 2 amide bonds. The smallest absolute Gasteiger partial charge is 0.248 e. The summed E-state index contributed by atoms with van der Waals surface area (Å²) in [5.41, 5.74) is -0.684. The molecule has 0 bridgehead atoms. The minimum atomic E-state index is -0.684. The van der Waals surface area contributed by atoms with Crippen molar-refractivity contribution in [1.29, 1.82) is 0 Å². The molecule has 0 aromatic rings. The molecule has 1 saturated heterocycles. The Bertz CT molecular complexity index is 364. The van der Waals surface area contributed by atoms with E-state index in [2.05, 4.69) is 17.5 Å². The van der Waals surface area contributed by atoms with Crippen LogP contribution in [-0.4, -0.2) is 34.8 Å². The molecule has 4 nitrogen and oxygen atoms in total. The molecule has 1 fully saturated rings. The summed E-state index contributed by atoms with van der Waals surface area (Å²) in [6.45, 7) is 4.49. The third kappa shape index (κ3) is 2.16. The van der Waals surface area contributed by atoms with Crippen LogP contribution >= 0.6 is 0 Å². The highest BCUT2D eigenvalue weighted by Crippen LogP contribution is 2.27. The van der Waals surface area contributed by atoms with Crippen LogP contribution in [-0.2, 0) is 9.59 Å². The largest absolute Gasteiger partial charge is 0.342 e. The van der Waals surface area contributed by atoms with E-state index in [0.29, 0.717) is 25.8 Å². The van der Waals surface area contributed by atoms with Gasteiger partial charge in [0, 0.05) is 19.0 Å². The molecule has 2 rings (SSSR count). The first-order valence-corrected chi connectivity index (χ1v) is 6.90. The molecule has 4 heteroatoms. The van der Waals surface area contributed by atoms with Gasteiger partial charge in [-0.15, -0.1) is 0 Å². The highest BCUT2D eigenvalue weighted by molar-refractivity contribution is 5.93. The number of carbonyl (C=O) groups excluding carboxylic acids is 2. The summed E-state index contributed by atoms with van der Waals surface area (Å²) in [5, 5.41) is 2.94. The molecule has 2 aliphatic rings. The van der Waals surface area contributed by atoms with Gasteiger partial charge in [-0.3, -0.25) is 9.59 Å². The van der Waals surface area contributed by atoms with Crippen molar-refractivity contribution in [1.82, 2.24) is 10.2 Å². The SMILES string of the molecule is CCC1(CC)NC(=O)CCN(C2CC=CC2)C1=O. The zero-order valence-electron chi connectivity index (χ0n) is 11.2. The van der Waals surface area contributed by atoms with Crippen LogP contribution in [0.3, 0.4) is 0 Å². The molecule has 0 aromatic heterocycles. The molecular weight excluding hydrogens is 228 g/mol. The molecule has 0 radical (unpaired) electrons. The topological polar surface area (TPSA) is 49.4 Å². The van der Waals surface area contributed by atoms with Gasteiger partial charge in [-0.25, -0.2) is 0 Å². The number of nitrogens with one attached hydrogen (secondary N) is 1. The predicted octanol–water partition coefficient (Wildman–Crippen LogP) is 1.61. The second-order valence-electron chi connectivity index (χ2n) is 5.18. The van der Waals surface area contributed by atoms with E-state index in [-0.39, 0.29) is 17.9 Å². The highest BCUT2D eigenvalue weighted by Gasteiger charge is 2.43. The Morgan fingerprint density at radius 3 is 2.44 bits per heavy atom. The Kier molecular flexibility index (Phi) is 3.73. The number of nitrogens with zero attached hydrogens (tertiary/aromatic N) is 1. The fraction of sp³-hybridized carbons (Fsp3) is 0.714. The van der Waals surface area contributed by atoms with Crippen LogP contribution in [0, 0.1) is 0 Å². The number of hydrogen-bond donors (Lipinski definition) is 1. The summed E-state index contributed by atoms with van der Waals surface area (Å²) in [5.74, 6) is 0.104. The summed E-state index contributed by atoms with van der Waals surface area (Å²) >= 11 is 0. The summed E-state index contributed by atoms with van der Waals surface area (Å²) in [6.07, 6.45) is 7.82. The lowest BCUT2D eigenvalue weighted by molar-refractivity contribution is -0.141. The van der Waals surface area contributed by atoms with Gasteiger partial charge >= 0.3 is 0 Å². The summed E-state index contributed by atoms with van der Waals surface area (Å²) in [4.78, 5) is 26.5. The first-order valence-electron chi connectivity index (χ1n) is 6.90. The summed E-state index contributed by atoms with van der Waals surface area (Å²) < 4.78 is 0. The molecule has 1 aliphatic carbocycles. The van der Waals surface area contributed by atoms with Gasteiger partial charge in [0.05, 0.1) is 0 Å². The molecule has 0 atom stereocenters. The van der Waals surface area contributed by atoms with Crippen molar-refractivity contribution in [3.05, 3.63) is 12.2 Å². The Morgan fingerprint density at radius 2 is 1.89 bits per heavy atom. The molecule has 1 N–H and O–H groups in total. The maximum atomic E-state index is 12.7. The van der Waals surface area contributed by atoms with E-state index in [1.54, 1.807) is 0 Å². The Hall–Kier alpha value is -1.32. The highest BCUT2D eigenvalue weighted by atomic mass is 16.2. The van der Waals surface area contributed by atoms with Crippen molar-refractivity contribution in [3.8, 4) is 0 Å². The number of hydrogen-bond acceptors (Lipinski definition) is 2. The average Bonchev–Trinajstić information content (AvgIpc) is 2.86. The van der Waals surface area contributed by atoms with Crippen molar-refractivity contribution in [3.63, 3.8) is 0 Å². The third-order valence-electron chi connectivity index (χ3n) is 4.26. The Morgan fingerprint density at radius 1 is 1.28 bits per heavy atom. The predicted molar refractivity (Wildman–Crippen MR) is 69.9 cm³/mol. The van der Waals surface area contributed by atoms with Crippen LogP contribution in [0.5, 0.6) is 0 Å². The monoisotopic (exact) mass is 250 g/mol. The molecule has 0 saturated carbocycles. The van der Waals surface area contributed by atoms with Gasteiger partial charge in [0.2, 0.25) is 11.8 Å². The second-order valence-corrected chi connectivity index (χ2v) is 5.18. The molecule has 1 aliphatic heterocycles. The Labute approximate surface area is 108 Å². The van der Waals surface area contributed by atoms with Gasteiger partial charge < -0.3 is 10.2 Å². The normalized spacial score (nSPS) is 24.2. The van der Waals surface area contributed by atoms with Gasteiger partial charge in [-0.05, 0) is 25.7 Å². The van der Waals surface area contributed by atoms with Gasteiger partial charge in [0.25, 0.3) is 0 Å². The quantitative estimate of drug-likeness (QED) is 0.774. The van der Waals surface area contributed by atoms with Crippen molar-refractivity contribution in [2.75, 3.05) is 6.54 Å². The minimum Gasteiger partial charge on any atom is -0.342 e. The minimum absolute atomic E-state index is 0.000469. The maximum absolute atomic E-state index is 12.7. The van der Waals surface area contributed by atoms with Gasteiger partial charge in [0.15, 0.2) is 0 Å². The fourth-order valence-electron chi connectivity index (χ4n) is 2.92. The first-order chi connectivity index (χ1) is 8.63. The number of carbonyl (C=O) groups is 2. The van der Waals surface area contributed by atoms with Crippen LogP contribution in [0.25, 0.3) is 0 Å². The van der Waals surface area contributed by atoms with Gasteiger partial charge in [0.1, 0.15) is 5.54 Å². The average molecular weight is 250 g/mol. The lowest BCUT2D eigenvalue weighted by Crippen LogP contribution is -2.58. The van der Waals surface area contributed by atoms with E-state index < -0.39 is 5.54 Å². The van der Waals surface area contributed by atoms with Crippen molar-refractivity contribution in [2.24, 2.45) is 0 Å². The van der Waals surface area contributed by atoms with Crippen molar-refractivity contribution < 1.29 is 9.59 Å². The zero-order chi connectivity index (χ0) is 13.2. The van der Waals surface area contributed by atoms with Crippen LogP contribution in [0.4, 0.5) is 0 Å². The van der Waals surface area contributed by atoms with Crippen LogP contribution in [0.1, 0.15) is 46.0 Å². The van der Waals surface area contributed by atoms with Gasteiger partial charge in [-0.2, -0.15) is 0 Å². The van der Waals surface area contributed by atoms with Crippen molar-refractivity contribution in [2.45, 2.75) is 57.5 Å². The zero-order valence-corrected chi connectivity index (χ0v) is 11.2. The standard InChI is InChI=1S/C14H22N2O2/c1-3-14(4-2)13(18)16(10-9-12(17)15-14)11-7-5-6-8-11/h5-6,11H,3-4,7-10H2,1-2H3,(H,15,17). The van der Waals surface area contributed by atoms with E-state index in [4.69, 9.17) is 0 Å². The lowest BCUT2D eigenvalue weighted by atomic mass is 9.90. The molecular formula is C14H22N2O2. The van der Waals surface area contributed by atoms with E-state index in [0.717, 1.165) is 12.8 Å². The fourth-order valence-corrected chi connectivity index (χ4v) is 2.92. The first kappa shape index (κ1) is 13.1. The van der Waals surface area contributed by atoms with Crippen LogP contribution in [0.15, 0.2) is 12.2 Å². The maximum Gasteiger partial charge on any atom is 0.248 e. The van der Waals surface area contributed by atoms with Crippen molar-refractivity contribution >= 4 is 11.8 Å². The van der Waals surface area contributed by atoms with Crippen LogP contribution in [0.2, 0.25) is 0 Å². The number of rotatable bonds is 3. The molecule has 18 heavy (non-hydrogen) atoms. The summed E-state index contributed by atoms with van der Waals surface area (Å²) in [7, 11) is 0. The Balaban J connectivity index is 2.25. The summed E-state index contributed by atoms with van der Waals surface area (Å²) in [6, 6.07) is 0.252. The van der Waals surface area contributed by atoms with E-state index >= 15 is 0 Å². The molecule has 100 valence electrons. The van der Waals surface area contributed by atoms with Crippen LogP contribution < -0.4 is 5.32 Å². The molecule has 1 heterocycles. The molecule has 0 spiro atoms.